The van der Waals surface area contributed by atoms with Gasteiger partial charge in [-0.1, -0.05) is 36.4 Å². The van der Waals surface area contributed by atoms with E-state index < -0.39 is 0 Å². The molecule has 0 heterocycles. The van der Waals surface area contributed by atoms with Gasteiger partial charge in [0.05, 0.1) is 6.61 Å². The third-order valence-electron chi connectivity index (χ3n) is 3.51. The first kappa shape index (κ1) is 17.0. The van der Waals surface area contributed by atoms with E-state index in [0.717, 1.165) is 18.5 Å². The standard InChI is InChI=1S/C18H22FN3O/c1-20-18(21-10-9-14-5-3-2-4-6-14)22-12-15-7-8-17(19)16(11-15)13-23/h2-8,11,23H,9-10,12-13H2,1H3,(H2,20,21,22). The quantitative estimate of drug-likeness (QED) is 0.566. The molecule has 4 nitrogen and oxygen atoms in total. The number of aliphatic imine (C=N–C) groups is 1. The van der Waals surface area contributed by atoms with Gasteiger partial charge >= 0.3 is 0 Å². The van der Waals surface area contributed by atoms with Crippen LogP contribution in [0.2, 0.25) is 0 Å². The summed E-state index contributed by atoms with van der Waals surface area (Å²) < 4.78 is 13.3. The van der Waals surface area contributed by atoms with Gasteiger partial charge < -0.3 is 15.7 Å². The van der Waals surface area contributed by atoms with E-state index in [1.165, 1.54) is 11.6 Å². The highest BCUT2D eigenvalue weighted by molar-refractivity contribution is 5.79. The molecule has 0 aliphatic carbocycles. The molecule has 0 aliphatic heterocycles. The van der Waals surface area contributed by atoms with Gasteiger partial charge in [0.25, 0.3) is 0 Å². The summed E-state index contributed by atoms with van der Waals surface area (Å²) in [5.74, 6) is 0.303. The Morgan fingerprint density at radius 3 is 2.57 bits per heavy atom. The van der Waals surface area contributed by atoms with E-state index in [2.05, 4.69) is 27.8 Å². The molecule has 122 valence electrons. The maximum absolute atomic E-state index is 13.3. The van der Waals surface area contributed by atoms with Crippen molar-refractivity contribution in [2.45, 2.75) is 19.6 Å². The smallest absolute Gasteiger partial charge is 0.191 e. The van der Waals surface area contributed by atoms with Gasteiger partial charge in [0.1, 0.15) is 5.82 Å². The fourth-order valence-electron chi connectivity index (χ4n) is 2.24. The van der Waals surface area contributed by atoms with Crippen molar-refractivity contribution in [2.75, 3.05) is 13.6 Å². The molecule has 2 rings (SSSR count). The number of hydrogen-bond acceptors (Lipinski definition) is 2. The lowest BCUT2D eigenvalue weighted by molar-refractivity contribution is 0.275. The Bertz CT molecular complexity index is 644. The number of halogens is 1. The van der Waals surface area contributed by atoms with Crippen LogP contribution in [-0.4, -0.2) is 24.7 Å². The third kappa shape index (κ3) is 5.38. The Balaban J connectivity index is 1.81. The van der Waals surface area contributed by atoms with Crippen LogP contribution in [0.25, 0.3) is 0 Å². The number of hydrogen-bond donors (Lipinski definition) is 3. The summed E-state index contributed by atoms with van der Waals surface area (Å²) in [4.78, 5) is 4.17. The SMILES string of the molecule is CN=C(NCCc1ccccc1)NCc1ccc(F)c(CO)c1. The van der Waals surface area contributed by atoms with Crippen molar-refractivity contribution in [3.8, 4) is 0 Å². The highest BCUT2D eigenvalue weighted by atomic mass is 19.1. The number of aliphatic hydroxyl groups is 1. The molecule has 0 bridgehead atoms. The Kier molecular flexibility index (Phi) is 6.56. The van der Waals surface area contributed by atoms with Crippen molar-refractivity contribution in [2.24, 2.45) is 4.99 Å². The summed E-state index contributed by atoms with van der Waals surface area (Å²) in [5, 5.41) is 15.5. The topological polar surface area (TPSA) is 56.7 Å². The van der Waals surface area contributed by atoms with Gasteiger partial charge in [-0.3, -0.25) is 4.99 Å². The first-order valence-corrected chi connectivity index (χ1v) is 7.59. The van der Waals surface area contributed by atoms with E-state index >= 15 is 0 Å². The predicted molar refractivity (Wildman–Crippen MR) is 90.7 cm³/mol. The van der Waals surface area contributed by atoms with Crippen LogP contribution in [0.15, 0.2) is 53.5 Å². The van der Waals surface area contributed by atoms with Crippen LogP contribution >= 0.6 is 0 Å². The molecule has 0 spiro atoms. The second kappa shape index (κ2) is 8.90. The fraction of sp³-hybridized carbons (Fsp3) is 0.278. The van der Waals surface area contributed by atoms with E-state index in [4.69, 9.17) is 5.11 Å². The fourth-order valence-corrected chi connectivity index (χ4v) is 2.24. The summed E-state index contributed by atoms with van der Waals surface area (Å²) in [6, 6.07) is 14.9. The maximum atomic E-state index is 13.3. The van der Waals surface area contributed by atoms with E-state index in [0.29, 0.717) is 18.1 Å². The van der Waals surface area contributed by atoms with Gasteiger partial charge in [-0.15, -0.1) is 0 Å². The average molecular weight is 315 g/mol. The van der Waals surface area contributed by atoms with Crippen molar-refractivity contribution < 1.29 is 9.50 Å². The molecular weight excluding hydrogens is 293 g/mol. The average Bonchev–Trinajstić information content (AvgIpc) is 2.60. The van der Waals surface area contributed by atoms with Crippen LogP contribution < -0.4 is 10.6 Å². The number of benzene rings is 2. The van der Waals surface area contributed by atoms with Crippen LogP contribution in [0.1, 0.15) is 16.7 Å². The lowest BCUT2D eigenvalue weighted by Gasteiger charge is -2.12. The molecule has 0 amide bonds. The van der Waals surface area contributed by atoms with Gasteiger partial charge in [-0.2, -0.15) is 0 Å². The molecule has 0 aliphatic rings. The van der Waals surface area contributed by atoms with E-state index in [1.54, 1.807) is 19.2 Å². The normalized spacial score (nSPS) is 11.3. The molecule has 0 radical (unpaired) electrons. The minimum Gasteiger partial charge on any atom is -0.392 e. The molecule has 0 saturated carbocycles. The van der Waals surface area contributed by atoms with E-state index in [1.807, 2.05) is 18.2 Å². The van der Waals surface area contributed by atoms with Gasteiger partial charge in [0.2, 0.25) is 0 Å². The third-order valence-corrected chi connectivity index (χ3v) is 3.51. The van der Waals surface area contributed by atoms with Crippen molar-refractivity contribution in [1.29, 1.82) is 0 Å². The van der Waals surface area contributed by atoms with Gasteiger partial charge in [-0.25, -0.2) is 4.39 Å². The number of aliphatic hydroxyl groups excluding tert-OH is 1. The Morgan fingerprint density at radius 2 is 1.87 bits per heavy atom. The molecule has 3 N–H and O–H groups in total. The predicted octanol–water partition coefficient (Wildman–Crippen LogP) is 2.23. The summed E-state index contributed by atoms with van der Waals surface area (Å²) in [6.45, 7) is 0.983. The zero-order valence-electron chi connectivity index (χ0n) is 13.2. The molecule has 0 atom stereocenters. The van der Waals surface area contributed by atoms with Crippen LogP contribution in [0, 0.1) is 5.82 Å². The minimum absolute atomic E-state index is 0.302. The molecule has 5 heteroatoms. The van der Waals surface area contributed by atoms with E-state index in [9.17, 15) is 4.39 Å². The molecule has 0 unspecified atom stereocenters. The summed E-state index contributed by atoms with van der Waals surface area (Å²) >= 11 is 0. The number of nitrogens with one attached hydrogen (secondary N) is 2. The molecule has 23 heavy (non-hydrogen) atoms. The summed E-state index contributed by atoms with van der Waals surface area (Å²) in [5.41, 5.74) is 2.46. The van der Waals surface area contributed by atoms with Crippen molar-refractivity contribution in [1.82, 2.24) is 10.6 Å². The minimum atomic E-state index is -0.387. The van der Waals surface area contributed by atoms with Crippen molar-refractivity contribution in [3.63, 3.8) is 0 Å². The zero-order valence-corrected chi connectivity index (χ0v) is 13.2. The van der Waals surface area contributed by atoms with Gasteiger partial charge in [-0.05, 0) is 29.7 Å². The van der Waals surface area contributed by atoms with Gasteiger partial charge in [0, 0.05) is 25.7 Å². The van der Waals surface area contributed by atoms with Crippen LogP contribution in [0.5, 0.6) is 0 Å². The number of rotatable bonds is 6. The molecule has 2 aromatic rings. The number of guanidine groups is 1. The Hall–Kier alpha value is -2.40. The van der Waals surface area contributed by atoms with E-state index in [-0.39, 0.29) is 12.4 Å². The highest BCUT2D eigenvalue weighted by Crippen LogP contribution is 2.10. The first-order valence-electron chi connectivity index (χ1n) is 7.59. The highest BCUT2D eigenvalue weighted by Gasteiger charge is 2.03. The van der Waals surface area contributed by atoms with Crippen LogP contribution in [0.4, 0.5) is 4.39 Å². The zero-order chi connectivity index (χ0) is 16.5. The summed E-state index contributed by atoms with van der Waals surface area (Å²) in [7, 11) is 1.71. The second-order valence-electron chi connectivity index (χ2n) is 5.17. The molecule has 2 aromatic carbocycles. The Labute approximate surface area is 136 Å². The van der Waals surface area contributed by atoms with Crippen molar-refractivity contribution >= 4 is 5.96 Å². The maximum Gasteiger partial charge on any atom is 0.191 e. The first-order chi connectivity index (χ1) is 11.2. The molecule has 0 saturated heterocycles. The Morgan fingerprint density at radius 1 is 1.09 bits per heavy atom. The lowest BCUT2D eigenvalue weighted by atomic mass is 10.1. The van der Waals surface area contributed by atoms with Gasteiger partial charge in [0.15, 0.2) is 5.96 Å². The summed E-state index contributed by atoms with van der Waals surface area (Å²) in [6.07, 6.45) is 0.909. The van der Waals surface area contributed by atoms with Crippen molar-refractivity contribution in [3.05, 3.63) is 71.0 Å². The lowest BCUT2D eigenvalue weighted by Crippen LogP contribution is -2.37. The van der Waals surface area contributed by atoms with Crippen LogP contribution in [0.3, 0.4) is 0 Å². The van der Waals surface area contributed by atoms with Crippen LogP contribution in [-0.2, 0) is 19.6 Å². The second-order valence-corrected chi connectivity index (χ2v) is 5.17. The monoisotopic (exact) mass is 315 g/mol. The molecule has 0 fully saturated rings. The molecular formula is C18H22FN3O. The molecule has 0 aromatic heterocycles. The number of nitrogens with zero attached hydrogens (tertiary/aromatic N) is 1. The largest absolute Gasteiger partial charge is 0.392 e.